The van der Waals surface area contributed by atoms with Gasteiger partial charge < -0.3 is 15.2 Å². The highest BCUT2D eigenvalue weighted by atomic mass is 16.5. The molecule has 1 aliphatic carbocycles. The van der Waals surface area contributed by atoms with Gasteiger partial charge in [0, 0.05) is 12.6 Å². The molecule has 2 rings (SSSR count). The van der Waals surface area contributed by atoms with Crippen molar-refractivity contribution in [3.63, 3.8) is 0 Å². The minimum Gasteiger partial charge on any atom is -0.481 e. The number of carboxylic acid groups (broad SMARTS) is 1. The molecule has 0 aromatic carbocycles. The van der Waals surface area contributed by atoms with E-state index in [0.29, 0.717) is 19.4 Å². The van der Waals surface area contributed by atoms with Gasteiger partial charge in [-0.2, -0.15) is 0 Å². The highest BCUT2D eigenvalue weighted by Gasteiger charge is 2.29. The summed E-state index contributed by atoms with van der Waals surface area (Å²) in [5.41, 5.74) is 0. The Bertz CT molecular complexity index is 291. The van der Waals surface area contributed by atoms with E-state index in [-0.39, 0.29) is 24.0 Å². The molecule has 5 nitrogen and oxygen atoms in total. The van der Waals surface area contributed by atoms with Gasteiger partial charge in [-0.15, -0.1) is 0 Å². The lowest BCUT2D eigenvalue weighted by molar-refractivity contribution is -0.142. The zero-order valence-electron chi connectivity index (χ0n) is 9.85. The van der Waals surface area contributed by atoms with E-state index in [4.69, 9.17) is 9.84 Å². The molecule has 96 valence electrons. The molecule has 0 radical (unpaired) electrons. The zero-order chi connectivity index (χ0) is 12.3. The van der Waals surface area contributed by atoms with Crippen LogP contribution in [0, 0.1) is 5.92 Å². The number of ether oxygens (including phenoxy) is 1. The maximum absolute atomic E-state index is 11.8. The van der Waals surface area contributed by atoms with Crippen LogP contribution >= 0.6 is 0 Å². The summed E-state index contributed by atoms with van der Waals surface area (Å²) in [6, 6.07) is 0.127. The van der Waals surface area contributed by atoms with Crippen molar-refractivity contribution in [3.8, 4) is 0 Å². The molecule has 1 unspecified atom stereocenters. The minimum absolute atomic E-state index is 0.0266. The van der Waals surface area contributed by atoms with Crippen molar-refractivity contribution in [2.24, 2.45) is 5.92 Å². The number of hydrogen-bond acceptors (Lipinski definition) is 3. The summed E-state index contributed by atoms with van der Waals surface area (Å²) in [7, 11) is 0. The molecule has 2 N–H and O–H groups in total. The first kappa shape index (κ1) is 12.4. The van der Waals surface area contributed by atoms with Crippen molar-refractivity contribution in [2.45, 2.75) is 50.7 Å². The number of carbonyl (C=O) groups excluding carboxylic acids is 1. The SMILES string of the molecule is O=C(O)C1CCC(NC(=O)C2CCCO2)CC1. The standard InChI is InChI=1S/C12H19NO4/c14-11(10-2-1-7-17-10)13-9-5-3-8(4-6-9)12(15)16/h8-10H,1-7H2,(H,13,14)(H,15,16). The maximum Gasteiger partial charge on any atom is 0.306 e. The van der Waals surface area contributed by atoms with E-state index in [1.807, 2.05) is 0 Å². The molecule has 1 atom stereocenters. The van der Waals surface area contributed by atoms with Gasteiger partial charge in [-0.1, -0.05) is 0 Å². The molecule has 0 spiro atoms. The summed E-state index contributed by atoms with van der Waals surface area (Å²) in [6.07, 6.45) is 4.30. The highest BCUT2D eigenvalue weighted by Crippen LogP contribution is 2.24. The third-order valence-electron chi connectivity index (χ3n) is 3.64. The van der Waals surface area contributed by atoms with Gasteiger partial charge in [-0.3, -0.25) is 9.59 Å². The number of carbonyl (C=O) groups is 2. The second-order valence-electron chi connectivity index (χ2n) is 4.90. The zero-order valence-corrected chi connectivity index (χ0v) is 9.85. The predicted molar refractivity (Wildman–Crippen MR) is 60.5 cm³/mol. The van der Waals surface area contributed by atoms with Crippen molar-refractivity contribution in [2.75, 3.05) is 6.61 Å². The van der Waals surface area contributed by atoms with E-state index in [0.717, 1.165) is 25.7 Å². The number of aliphatic carboxylic acids is 1. The van der Waals surface area contributed by atoms with Crippen LogP contribution in [0.4, 0.5) is 0 Å². The van der Waals surface area contributed by atoms with Crippen LogP contribution in [-0.4, -0.2) is 35.7 Å². The Hall–Kier alpha value is -1.10. The van der Waals surface area contributed by atoms with Crippen molar-refractivity contribution in [3.05, 3.63) is 0 Å². The maximum atomic E-state index is 11.8. The van der Waals surface area contributed by atoms with Crippen LogP contribution in [0.2, 0.25) is 0 Å². The molecular formula is C12H19NO4. The minimum atomic E-state index is -0.714. The third-order valence-corrected chi connectivity index (χ3v) is 3.64. The van der Waals surface area contributed by atoms with Crippen LogP contribution in [0.15, 0.2) is 0 Å². The number of rotatable bonds is 3. The second-order valence-corrected chi connectivity index (χ2v) is 4.90. The average Bonchev–Trinajstić information content (AvgIpc) is 2.83. The number of nitrogens with one attached hydrogen (secondary N) is 1. The fourth-order valence-electron chi connectivity index (χ4n) is 2.56. The summed E-state index contributed by atoms with van der Waals surface area (Å²) in [5, 5.41) is 11.8. The van der Waals surface area contributed by atoms with Crippen LogP contribution in [0.5, 0.6) is 0 Å². The van der Waals surface area contributed by atoms with Crippen molar-refractivity contribution >= 4 is 11.9 Å². The van der Waals surface area contributed by atoms with Gasteiger partial charge in [0.1, 0.15) is 6.10 Å². The summed E-state index contributed by atoms with van der Waals surface area (Å²) >= 11 is 0. The van der Waals surface area contributed by atoms with E-state index in [9.17, 15) is 9.59 Å². The van der Waals surface area contributed by atoms with Crippen LogP contribution in [-0.2, 0) is 14.3 Å². The van der Waals surface area contributed by atoms with Crippen molar-refractivity contribution < 1.29 is 19.4 Å². The van der Waals surface area contributed by atoms with Crippen molar-refractivity contribution in [1.82, 2.24) is 5.32 Å². The first-order valence-electron chi connectivity index (χ1n) is 6.31. The summed E-state index contributed by atoms with van der Waals surface area (Å²) in [6.45, 7) is 0.670. The van der Waals surface area contributed by atoms with E-state index in [1.165, 1.54) is 0 Å². The van der Waals surface area contributed by atoms with E-state index in [2.05, 4.69) is 5.32 Å². The smallest absolute Gasteiger partial charge is 0.306 e. The summed E-state index contributed by atoms with van der Waals surface area (Å²) in [4.78, 5) is 22.6. The Labute approximate surface area is 101 Å². The molecule has 2 fully saturated rings. The molecule has 0 aromatic rings. The lowest BCUT2D eigenvalue weighted by Crippen LogP contribution is -2.43. The lowest BCUT2D eigenvalue weighted by Gasteiger charge is -2.27. The van der Waals surface area contributed by atoms with Gasteiger partial charge in [0.2, 0.25) is 5.91 Å². The second kappa shape index (κ2) is 5.49. The first-order chi connectivity index (χ1) is 8.16. The van der Waals surface area contributed by atoms with Gasteiger partial charge in [-0.25, -0.2) is 0 Å². The summed E-state index contributed by atoms with van der Waals surface area (Å²) in [5.74, 6) is -0.971. The molecule has 0 bridgehead atoms. The molecule has 1 heterocycles. The Kier molecular flexibility index (Phi) is 3.99. The molecule has 1 saturated carbocycles. The quantitative estimate of drug-likeness (QED) is 0.770. The Morgan fingerprint density at radius 3 is 2.35 bits per heavy atom. The molecule has 1 amide bonds. The van der Waals surface area contributed by atoms with Gasteiger partial charge in [-0.05, 0) is 38.5 Å². The van der Waals surface area contributed by atoms with Gasteiger partial charge in [0.25, 0.3) is 0 Å². The fourth-order valence-corrected chi connectivity index (χ4v) is 2.56. The predicted octanol–water partition coefficient (Wildman–Crippen LogP) is 0.925. The number of hydrogen-bond donors (Lipinski definition) is 2. The topological polar surface area (TPSA) is 75.6 Å². The van der Waals surface area contributed by atoms with Crippen molar-refractivity contribution in [1.29, 1.82) is 0 Å². The normalized spacial score (nSPS) is 33.3. The van der Waals surface area contributed by atoms with Gasteiger partial charge in [0.15, 0.2) is 0 Å². The van der Waals surface area contributed by atoms with Gasteiger partial charge >= 0.3 is 5.97 Å². The molecule has 0 aromatic heterocycles. The first-order valence-corrected chi connectivity index (χ1v) is 6.31. The monoisotopic (exact) mass is 241 g/mol. The molecule has 17 heavy (non-hydrogen) atoms. The number of carboxylic acids is 1. The van der Waals surface area contributed by atoms with E-state index >= 15 is 0 Å². The van der Waals surface area contributed by atoms with E-state index in [1.54, 1.807) is 0 Å². The Balaban J connectivity index is 1.74. The molecule has 1 saturated heterocycles. The molecule has 1 aliphatic heterocycles. The van der Waals surface area contributed by atoms with Gasteiger partial charge in [0.05, 0.1) is 5.92 Å². The van der Waals surface area contributed by atoms with Crippen LogP contribution in [0.25, 0.3) is 0 Å². The highest BCUT2D eigenvalue weighted by molar-refractivity contribution is 5.81. The van der Waals surface area contributed by atoms with Crippen LogP contribution in [0.3, 0.4) is 0 Å². The Morgan fingerprint density at radius 2 is 1.82 bits per heavy atom. The summed E-state index contributed by atoms with van der Waals surface area (Å²) < 4.78 is 5.31. The molecule has 2 aliphatic rings. The largest absolute Gasteiger partial charge is 0.481 e. The average molecular weight is 241 g/mol. The fraction of sp³-hybridized carbons (Fsp3) is 0.833. The lowest BCUT2D eigenvalue weighted by atomic mass is 9.86. The van der Waals surface area contributed by atoms with Crippen LogP contribution in [0.1, 0.15) is 38.5 Å². The van der Waals surface area contributed by atoms with Crippen LogP contribution < -0.4 is 5.32 Å². The Morgan fingerprint density at radius 1 is 1.12 bits per heavy atom. The van der Waals surface area contributed by atoms with E-state index < -0.39 is 5.97 Å². The number of amides is 1. The molecule has 5 heteroatoms. The third kappa shape index (κ3) is 3.19. The molecular weight excluding hydrogens is 222 g/mol.